The highest BCUT2D eigenvalue weighted by Gasteiger charge is 2.51. The van der Waals surface area contributed by atoms with Crippen LogP contribution in [0.5, 0.6) is 0 Å². The highest BCUT2D eigenvalue weighted by Crippen LogP contribution is 2.48. The minimum atomic E-state index is -5.08. The van der Waals surface area contributed by atoms with E-state index in [2.05, 4.69) is 10.0 Å². The molecule has 3 N–H and O–H groups in total. The van der Waals surface area contributed by atoms with Gasteiger partial charge >= 0.3 is 12.1 Å². The maximum absolute atomic E-state index is 13.8. The van der Waals surface area contributed by atoms with Crippen molar-refractivity contribution in [3.05, 3.63) is 59.9 Å². The molecule has 0 aromatic heterocycles. The van der Waals surface area contributed by atoms with Crippen LogP contribution in [0.4, 0.5) is 23.2 Å². The Hall–Kier alpha value is -3.19. The minimum Gasteiger partial charge on any atom is -0.475 e. The van der Waals surface area contributed by atoms with E-state index in [4.69, 9.17) is 14.6 Å². The second-order valence-electron chi connectivity index (χ2n) is 7.25. The number of rotatable bonds is 8. The first-order chi connectivity index (χ1) is 15.8. The van der Waals surface area contributed by atoms with Gasteiger partial charge < -0.3 is 15.2 Å². The summed E-state index contributed by atoms with van der Waals surface area (Å²) in [6.07, 6.45) is -3.60. The molecule has 8 nitrogen and oxygen atoms in total. The Morgan fingerprint density at radius 1 is 1.09 bits per heavy atom. The fourth-order valence-corrected chi connectivity index (χ4v) is 4.08. The van der Waals surface area contributed by atoms with Gasteiger partial charge in [-0.25, -0.2) is 17.6 Å². The molecule has 1 fully saturated rings. The van der Waals surface area contributed by atoms with Crippen LogP contribution in [-0.4, -0.2) is 51.8 Å². The number of sulfonamides is 1. The molecule has 0 bridgehead atoms. The highest BCUT2D eigenvalue weighted by atomic mass is 32.2. The molecule has 13 heteroatoms. The van der Waals surface area contributed by atoms with Crippen molar-refractivity contribution in [3.63, 3.8) is 0 Å². The molecule has 0 radical (unpaired) electrons. The molecule has 3 rings (SSSR count). The zero-order valence-electron chi connectivity index (χ0n) is 17.9. The number of anilines is 1. The van der Waals surface area contributed by atoms with E-state index in [1.807, 2.05) is 0 Å². The number of alkyl halides is 3. The number of amides is 1. The van der Waals surface area contributed by atoms with Crippen molar-refractivity contribution in [2.24, 2.45) is 0 Å². The lowest BCUT2D eigenvalue weighted by atomic mass is 9.95. The largest absolute Gasteiger partial charge is 0.490 e. The van der Waals surface area contributed by atoms with Gasteiger partial charge in [-0.2, -0.15) is 13.2 Å². The van der Waals surface area contributed by atoms with Crippen LogP contribution in [0.3, 0.4) is 0 Å². The van der Waals surface area contributed by atoms with Crippen LogP contribution in [0.25, 0.3) is 0 Å². The summed E-state index contributed by atoms with van der Waals surface area (Å²) in [6, 6.07) is 11.8. The molecule has 0 saturated heterocycles. The van der Waals surface area contributed by atoms with Crippen LogP contribution in [0.1, 0.15) is 18.4 Å². The van der Waals surface area contributed by atoms with Gasteiger partial charge in [0.25, 0.3) is 10.0 Å². The van der Waals surface area contributed by atoms with Gasteiger partial charge in [-0.1, -0.05) is 24.3 Å². The van der Waals surface area contributed by atoms with Crippen molar-refractivity contribution in [1.29, 1.82) is 0 Å². The molecule has 1 saturated carbocycles. The summed E-state index contributed by atoms with van der Waals surface area (Å²) in [5, 5.41) is 9.97. The summed E-state index contributed by atoms with van der Waals surface area (Å²) >= 11 is 0. The fraction of sp³-hybridized carbons (Fsp3) is 0.333. The maximum atomic E-state index is 13.8. The summed E-state index contributed by atoms with van der Waals surface area (Å²) in [5.41, 5.74) is 0.570. The van der Waals surface area contributed by atoms with Gasteiger partial charge in [-0.15, -0.1) is 0 Å². The second kappa shape index (κ2) is 10.8. The van der Waals surface area contributed by atoms with Gasteiger partial charge in [-0.05, 0) is 42.7 Å². The van der Waals surface area contributed by atoms with Crippen molar-refractivity contribution >= 4 is 27.6 Å². The van der Waals surface area contributed by atoms with E-state index in [1.54, 1.807) is 31.4 Å². The zero-order chi connectivity index (χ0) is 25.6. The Morgan fingerprint density at radius 3 is 2.12 bits per heavy atom. The molecule has 2 aromatic carbocycles. The van der Waals surface area contributed by atoms with Crippen LogP contribution in [0, 0.1) is 5.82 Å². The van der Waals surface area contributed by atoms with Crippen molar-refractivity contribution in [2.75, 3.05) is 25.0 Å². The first-order valence-electron chi connectivity index (χ1n) is 9.79. The van der Waals surface area contributed by atoms with E-state index in [9.17, 15) is 30.8 Å². The highest BCUT2D eigenvalue weighted by molar-refractivity contribution is 7.92. The SMILES string of the molecule is COCCNC(=O)C1(c2ccc(NS(=O)(=O)c3ccccc3F)cc2)CC1.O=C(O)C(F)(F)F. The number of methoxy groups -OCH3 is 1. The number of hydrogen-bond acceptors (Lipinski definition) is 5. The third-order valence-corrected chi connectivity index (χ3v) is 6.25. The third kappa shape index (κ3) is 6.90. The predicted octanol–water partition coefficient (Wildman–Crippen LogP) is 3.05. The molecular formula is C21H22F4N2O6S. The van der Waals surface area contributed by atoms with Gasteiger partial charge in [0.15, 0.2) is 0 Å². The molecule has 1 amide bonds. The number of hydrogen-bond donors (Lipinski definition) is 3. The summed E-state index contributed by atoms with van der Waals surface area (Å²) in [5.74, 6) is -3.63. The Morgan fingerprint density at radius 2 is 1.65 bits per heavy atom. The smallest absolute Gasteiger partial charge is 0.475 e. The second-order valence-corrected chi connectivity index (χ2v) is 8.90. The average Bonchev–Trinajstić information content (AvgIpc) is 3.56. The normalized spacial score (nSPS) is 14.4. The quantitative estimate of drug-likeness (QED) is 0.374. The Balaban J connectivity index is 0.000000509. The Bertz CT molecular complexity index is 1120. The predicted molar refractivity (Wildman–Crippen MR) is 113 cm³/mol. The number of carboxylic acid groups (broad SMARTS) is 1. The van der Waals surface area contributed by atoms with Gasteiger partial charge in [0.2, 0.25) is 5.91 Å². The van der Waals surface area contributed by atoms with Crippen LogP contribution in [-0.2, 0) is 29.8 Å². The zero-order valence-corrected chi connectivity index (χ0v) is 18.7. The molecule has 0 unspecified atom stereocenters. The summed E-state index contributed by atoms with van der Waals surface area (Å²) in [6.45, 7) is 0.885. The van der Waals surface area contributed by atoms with Crippen molar-refractivity contribution in [2.45, 2.75) is 29.3 Å². The van der Waals surface area contributed by atoms with Gasteiger partial charge in [-0.3, -0.25) is 9.52 Å². The lowest BCUT2D eigenvalue weighted by Gasteiger charge is -2.16. The number of halogens is 4. The molecule has 0 heterocycles. The lowest BCUT2D eigenvalue weighted by molar-refractivity contribution is -0.192. The van der Waals surface area contributed by atoms with E-state index in [0.29, 0.717) is 18.8 Å². The molecule has 2 aromatic rings. The molecule has 0 spiro atoms. The first kappa shape index (κ1) is 27.1. The van der Waals surface area contributed by atoms with E-state index < -0.39 is 38.3 Å². The number of carbonyl (C=O) groups is 2. The number of carboxylic acids is 1. The van der Waals surface area contributed by atoms with Crippen molar-refractivity contribution in [3.8, 4) is 0 Å². The molecular weight excluding hydrogens is 484 g/mol. The van der Waals surface area contributed by atoms with Crippen LogP contribution in [0.15, 0.2) is 53.4 Å². The number of nitrogens with one attached hydrogen (secondary N) is 2. The number of carbonyl (C=O) groups excluding carboxylic acids is 1. The van der Waals surface area contributed by atoms with Gasteiger partial charge in [0.05, 0.1) is 12.0 Å². The molecule has 0 atom stereocenters. The van der Waals surface area contributed by atoms with E-state index >= 15 is 0 Å². The van der Waals surface area contributed by atoms with E-state index in [0.717, 1.165) is 24.5 Å². The molecule has 186 valence electrons. The van der Waals surface area contributed by atoms with Crippen LogP contribution < -0.4 is 10.0 Å². The van der Waals surface area contributed by atoms with Gasteiger partial charge in [0.1, 0.15) is 10.7 Å². The number of aliphatic carboxylic acids is 1. The average molecular weight is 506 g/mol. The Kier molecular flexibility index (Phi) is 8.61. The van der Waals surface area contributed by atoms with E-state index in [-0.39, 0.29) is 5.91 Å². The minimum absolute atomic E-state index is 0.0563. The topological polar surface area (TPSA) is 122 Å². The monoisotopic (exact) mass is 506 g/mol. The van der Waals surface area contributed by atoms with Crippen molar-refractivity contribution in [1.82, 2.24) is 5.32 Å². The van der Waals surface area contributed by atoms with Crippen molar-refractivity contribution < 1.29 is 45.4 Å². The molecule has 34 heavy (non-hydrogen) atoms. The van der Waals surface area contributed by atoms with E-state index in [1.165, 1.54) is 18.2 Å². The third-order valence-electron chi connectivity index (χ3n) is 4.83. The standard InChI is InChI=1S/C19H21FN2O4S.C2HF3O2/c1-26-13-12-21-18(23)19(10-11-19)14-6-8-15(9-7-14)22-27(24,25)17-5-3-2-4-16(17)20;3-2(4,5)1(6)7/h2-9,22H,10-13H2,1H3,(H,21,23);(H,6,7). The maximum Gasteiger partial charge on any atom is 0.490 e. The molecule has 0 aliphatic heterocycles. The van der Waals surface area contributed by atoms with Crippen LogP contribution in [0.2, 0.25) is 0 Å². The van der Waals surface area contributed by atoms with Crippen LogP contribution >= 0.6 is 0 Å². The summed E-state index contributed by atoms with van der Waals surface area (Å²) < 4.78 is 77.5. The fourth-order valence-electron chi connectivity index (χ4n) is 2.94. The summed E-state index contributed by atoms with van der Waals surface area (Å²) in [7, 11) is -2.46. The first-order valence-corrected chi connectivity index (χ1v) is 11.3. The number of benzene rings is 2. The van der Waals surface area contributed by atoms with Gasteiger partial charge in [0, 0.05) is 19.3 Å². The summed E-state index contributed by atoms with van der Waals surface area (Å²) in [4.78, 5) is 20.9. The Labute approximate surface area is 193 Å². The lowest BCUT2D eigenvalue weighted by Crippen LogP contribution is -2.36. The molecule has 1 aliphatic carbocycles. The number of ether oxygens (including phenoxy) is 1. The molecule has 1 aliphatic rings.